The Balaban J connectivity index is 1.88. The van der Waals surface area contributed by atoms with Crippen LogP contribution in [-0.2, 0) is 4.74 Å². The summed E-state index contributed by atoms with van der Waals surface area (Å²) in [6.07, 6.45) is 5.28. The van der Waals surface area contributed by atoms with Gasteiger partial charge >= 0.3 is 0 Å². The second-order valence-electron chi connectivity index (χ2n) is 5.06. The molecule has 106 valence electrons. The van der Waals surface area contributed by atoms with E-state index in [1.165, 1.54) is 23.3 Å². The van der Waals surface area contributed by atoms with E-state index < -0.39 is 0 Å². The highest BCUT2D eigenvalue weighted by atomic mass is 32.2. The molecule has 2 nitrogen and oxygen atoms in total. The summed E-state index contributed by atoms with van der Waals surface area (Å²) >= 11 is 1.90. The molecule has 1 N–H and O–H groups in total. The lowest BCUT2D eigenvalue weighted by Crippen LogP contribution is -2.18. The predicted octanol–water partition coefficient (Wildman–Crippen LogP) is 4.02. The second-order valence-corrected chi connectivity index (χ2v) is 6.39. The standard InChI is InChI=1S/C16H25NOS/c1-3-19-15-9-6-13(7-10-15)16(17-2)11-8-14-5-4-12-18-14/h6-7,9-10,14,16-17H,3-5,8,11-12H2,1-2H3. The number of hydrogen-bond acceptors (Lipinski definition) is 3. The van der Waals surface area contributed by atoms with Gasteiger partial charge in [-0.3, -0.25) is 0 Å². The van der Waals surface area contributed by atoms with Gasteiger partial charge in [-0.05, 0) is 56.2 Å². The van der Waals surface area contributed by atoms with Gasteiger partial charge in [-0.15, -0.1) is 11.8 Å². The molecule has 0 aliphatic carbocycles. The molecule has 1 saturated heterocycles. The second kappa shape index (κ2) is 7.93. The van der Waals surface area contributed by atoms with E-state index in [2.05, 4.69) is 43.6 Å². The van der Waals surface area contributed by atoms with Gasteiger partial charge in [-0.1, -0.05) is 19.1 Å². The number of nitrogens with one attached hydrogen (secondary N) is 1. The van der Waals surface area contributed by atoms with Crippen LogP contribution in [0.1, 0.15) is 44.2 Å². The molecule has 1 aliphatic heterocycles. The molecule has 1 aliphatic rings. The molecule has 0 radical (unpaired) electrons. The molecule has 2 rings (SSSR count). The van der Waals surface area contributed by atoms with Gasteiger partial charge in [-0.25, -0.2) is 0 Å². The SMILES string of the molecule is CCSc1ccc(C(CCC2CCCO2)NC)cc1. The third kappa shape index (κ3) is 4.51. The minimum atomic E-state index is 0.449. The first-order valence-corrected chi connectivity index (χ1v) is 8.33. The van der Waals surface area contributed by atoms with Gasteiger partial charge in [0.05, 0.1) is 6.10 Å². The average molecular weight is 279 g/mol. The Kier molecular flexibility index (Phi) is 6.21. The van der Waals surface area contributed by atoms with Crippen molar-refractivity contribution in [3.63, 3.8) is 0 Å². The van der Waals surface area contributed by atoms with Crippen molar-refractivity contribution in [1.82, 2.24) is 5.32 Å². The molecule has 3 heteroatoms. The van der Waals surface area contributed by atoms with Crippen LogP contribution in [0.25, 0.3) is 0 Å². The molecule has 2 unspecified atom stereocenters. The summed E-state index contributed by atoms with van der Waals surface area (Å²) in [7, 11) is 2.05. The molecule has 0 amide bonds. The predicted molar refractivity (Wildman–Crippen MR) is 82.8 cm³/mol. The average Bonchev–Trinajstić information content (AvgIpc) is 2.95. The topological polar surface area (TPSA) is 21.3 Å². The summed E-state index contributed by atoms with van der Waals surface area (Å²) in [5.41, 5.74) is 1.39. The Morgan fingerprint density at radius 2 is 2.16 bits per heavy atom. The molecule has 0 aromatic heterocycles. The third-order valence-corrected chi connectivity index (χ3v) is 4.64. The Morgan fingerprint density at radius 3 is 2.74 bits per heavy atom. The number of thioether (sulfide) groups is 1. The van der Waals surface area contributed by atoms with Crippen LogP contribution in [0, 0.1) is 0 Å². The number of benzene rings is 1. The molecular weight excluding hydrogens is 254 g/mol. The third-order valence-electron chi connectivity index (χ3n) is 3.74. The van der Waals surface area contributed by atoms with Crippen molar-refractivity contribution < 1.29 is 4.74 Å². The molecule has 0 saturated carbocycles. The molecule has 0 spiro atoms. The number of ether oxygens (including phenoxy) is 1. The van der Waals surface area contributed by atoms with E-state index in [1.54, 1.807) is 0 Å². The van der Waals surface area contributed by atoms with Crippen molar-refractivity contribution >= 4 is 11.8 Å². The van der Waals surface area contributed by atoms with Gasteiger partial charge in [0, 0.05) is 17.5 Å². The maximum atomic E-state index is 5.70. The zero-order valence-electron chi connectivity index (χ0n) is 12.0. The highest BCUT2D eigenvalue weighted by Crippen LogP contribution is 2.25. The summed E-state index contributed by atoms with van der Waals surface area (Å²) in [6.45, 7) is 3.15. The van der Waals surface area contributed by atoms with Gasteiger partial charge in [-0.2, -0.15) is 0 Å². The molecule has 0 bridgehead atoms. The van der Waals surface area contributed by atoms with E-state index in [4.69, 9.17) is 4.74 Å². The Labute approximate surface area is 121 Å². The maximum Gasteiger partial charge on any atom is 0.0576 e. The van der Waals surface area contributed by atoms with Crippen LogP contribution < -0.4 is 5.32 Å². The van der Waals surface area contributed by atoms with E-state index in [-0.39, 0.29) is 0 Å². The molecule has 1 fully saturated rings. The smallest absolute Gasteiger partial charge is 0.0576 e. The number of rotatable bonds is 7. The minimum Gasteiger partial charge on any atom is -0.378 e. The van der Waals surface area contributed by atoms with Crippen LogP contribution in [0.4, 0.5) is 0 Å². The Bertz CT molecular complexity index is 360. The van der Waals surface area contributed by atoms with E-state index in [1.807, 2.05) is 11.8 Å². The zero-order chi connectivity index (χ0) is 13.5. The maximum absolute atomic E-state index is 5.70. The van der Waals surface area contributed by atoms with Crippen molar-refractivity contribution in [2.75, 3.05) is 19.4 Å². The van der Waals surface area contributed by atoms with E-state index in [9.17, 15) is 0 Å². The highest BCUT2D eigenvalue weighted by molar-refractivity contribution is 7.99. The van der Waals surface area contributed by atoms with E-state index in [0.29, 0.717) is 12.1 Å². The Hall–Kier alpha value is -0.510. The fraction of sp³-hybridized carbons (Fsp3) is 0.625. The summed E-state index contributed by atoms with van der Waals surface area (Å²) in [5.74, 6) is 1.13. The van der Waals surface area contributed by atoms with Crippen molar-refractivity contribution in [2.24, 2.45) is 0 Å². The first-order chi connectivity index (χ1) is 9.33. The van der Waals surface area contributed by atoms with E-state index in [0.717, 1.165) is 25.2 Å². The molecule has 1 aromatic rings. The van der Waals surface area contributed by atoms with Gasteiger partial charge in [0.15, 0.2) is 0 Å². The fourth-order valence-electron chi connectivity index (χ4n) is 2.67. The van der Waals surface area contributed by atoms with Crippen molar-refractivity contribution in [3.05, 3.63) is 29.8 Å². The summed E-state index contributed by atoms with van der Waals surface area (Å²) in [5, 5.41) is 3.43. The normalized spacial score (nSPS) is 20.6. The van der Waals surface area contributed by atoms with Gasteiger partial charge in [0.1, 0.15) is 0 Å². The Morgan fingerprint density at radius 1 is 1.37 bits per heavy atom. The first-order valence-electron chi connectivity index (χ1n) is 7.35. The molecule has 1 aromatic carbocycles. The van der Waals surface area contributed by atoms with Gasteiger partial charge in [0.25, 0.3) is 0 Å². The zero-order valence-corrected chi connectivity index (χ0v) is 12.8. The van der Waals surface area contributed by atoms with Crippen LogP contribution in [0.5, 0.6) is 0 Å². The van der Waals surface area contributed by atoms with E-state index >= 15 is 0 Å². The van der Waals surface area contributed by atoms with Crippen LogP contribution in [0.15, 0.2) is 29.2 Å². The van der Waals surface area contributed by atoms with Crippen molar-refractivity contribution in [2.45, 2.75) is 49.6 Å². The van der Waals surface area contributed by atoms with Crippen molar-refractivity contribution in [3.8, 4) is 0 Å². The number of hydrogen-bond donors (Lipinski definition) is 1. The van der Waals surface area contributed by atoms with Gasteiger partial charge < -0.3 is 10.1 Å². The van der Waals surface area contributed by atoms with Crippen LogP contribution in [0.3, 0.4) is 0 Å². The lowest BCUT2D eigenvalue weighted by Gasteiger charge is -2.19. The van der Waals surface area contributed by atoms with Gasteiger partial charge in [0.2, 0.25) is 0 Å². The lowest BCUT2D eigenvalue weighted by atomic mass is 9.99. The van der Waals surface area contributed by atoms with Crippen molar-refractivity contribution in [1.29, 1.82) is 0 Å². The quantitative estimate of drug-likeness (QED) is 0.762. The molecular formula is C16H25NOS. The summed E-state index contributed by atoms with van der Waals surface area (Å²) in [6, 6.07) is 9.44. The molecule has 2 atom stereocenters. The summed E-state index contributed by atoms with van der Waals surface area (Å²) in [4.78, 5) is 1.36. The fourth-order valence-corrected chi connectivity index (χ4v) is 3.33. The minimum absolute atomic E-state index is 0.449. The summed E-state index contributed by atoms with van der Waals surface area (Å²) < 4.78 is 5.70. The molecule has 19 heavy (non-hydrogen) atoms. The monoisotopic (exact) mass is 279 g/mol. The first kappa shape index (κ1) is 14.9. The van der Waals surface area contributed by atoms with Crippen LogP contribution >= 0.6 is 11.8 Å². The largest absolute Gasteiger partial charge is 0.378 e. The molecule has 1 heterocycles. The van der Waals surface area contributed by atoms with Crippen LogP contribution in [0.2, 0.25) is 0 Å². The lowest BCUT2D eigenvalue weighted by molar-refractivity contribution is 0.0998. The van der Waals surface area contributed by atoms with Crippen LogP contribution in [-0.4, -0.2) is 25.5 Å². The highest BCUT2D eigenvalue weighted by Gasteiger charge is 2.18.